The molecule has 5 heteroatoms. The van der Waals surface area contributed by atoms with Gasteiger partial charge in [-0.05, 0) is 70.9 Å². The molecule has 25 heavy (non-hydrogen) atoms. The Labute approximate surface area is 164 Å². The van der Waals surface area contributed by atoms with Gasteiger partial charge in [0.2, 0.25) is 0 Å². The van der Waals surface area contributed by atoms with Crippen molar-refractivity contribution in [1.29, 1.82) is 5.26 Å². The molecule has 0 saturated heterocycles. The Morgan fingerprint density at radius 2 is 1.76 bits per heavy atom. The van der Waals surface area contributed by atoms with Gasteiger partial charge in [0.05, 0.1) is 6.07 Å². The van der Waals surface area contributed by atoms with Crippen LogP contribution in [0.5, 0.6) is 0 Å². The number of nitrogens with one attached hydrogen (secondary N) is 1. The number of hydrogen-bond donors (Lipinski definition) is 1. The van der Waals surface area contributed by atoms with Crippen molar-refractivity contribution in [1.82, 2.24) is 4.98 Å². The van der Waals surface area contributed by atoms with E-state index in [1.807, 2.05) is 18.2 Å². The van der Waals surface area contributed by atoms with Gasteiger partial charge in [-0.25, -0.2) is 4.98 Å². The maximum Gasteiger partial charge on any atom is 0.128 e. The Kier molecular flexibility index (Phi) is 4.21. The molecule has 0 bridgehead atoms. The zero-order chi connectivity index (χ0) is 17.5. The van der Waals surface area contributed by atoms with Gasteiger partial charge in [0.1, 0.15) is 16.0 Å². The van der Waals surface area contributed by atoms with Gasteiger partial charge in [0.25, 0.3) is 0 Å². The number of pyridine rings is 1. The van der Waals surface area contributed by atoms with Crippen molar-refractivity contribution >= 4 is 43.8 Å². The number of aromatic nitrogens is 1. The molecule has 0 unspecified atom stereocenters. The average molecular weight is 459 g/mol. The van der Waals surface area contributed by atoms with Gasteiger partial charge in [0.15, 0.2) is 0 Å². The Morgan fingerprint density at radius 1 is 1.00 bits per heavy atom. The van der Waals surface area contributed by atoms with E-state index in [-0.39, 0.29) is 5.41 Å². The fraction of sp³-hybridized carbons (Fsp3) is 0.300. The van der Waals surface area contributed by atoms with Crippen molar-refractivity contribution in [2.45, 2.75) is 36.6 Å². The molecule has 1 fully saturated rings. The number of anilines is 1. The summed E-state index contributed by atoms with van der Waals surface area (Å²) in [5, 5.41) is 13.3. The highest BCUT2D eigenvalue weighted by molar-refractivity contribution is 9.12. The predicted molar refractivity (Wildman–Crippen MR) is 107 cm³/mol. The summed E-state index contributed by atoms with van der Waals surface area (Å²) in [5.74, 6) is 0.744. The third-order valence-corrected chi connectivity index (χ3v) is 6.90. The molecule has 2 aliphatic rings. The molecule has 1 aromatic heterocycles. The Hall–Kier alpha value is -1.64. The summed E-state index contributed by atoms with van der Waals surface area (Å²) in [7, 11) is 0. The summed E-state index contributed by atoms with van der Waals surface area (Å²) >= 11 is 7.21. The van der Waals surface area contributed by atoms with Gasteiger partial charge in [-0.1, -0.05) is 46.3 Å². The number of allylic oxidation sites excluding steroid dienone is 1. The summed E-state index contributed by atoms with van der Waals surface area (Å²) in [6.07, 6.45) is 5.69. The summed E-state index contributed by atoms with van der Waals surface area (Å²) in [6.45, 7) is 0. The highest BCUT2D eigenvalue weighted by Crippen LogP contribution is 2.55. The number of hydrogen-bond acceptors (Lipinski definition) is 3. The Bertz CT molecular complexity index is 890. The second-order valence-electron chi connectivity index (χ2n) is 6.83. The van der Waals surface area contributed by atoms with Gasteiger partial charge in [-0.2, -0.15) is 5.26 Å². The third-order valence-electron chi connectivity index (χ3n) is 5.47. The minimum atomic E-state index is -0.566. The molecule has 4 rings (SSSR count). The largest absolute Gasteiger partial charge is 0.352 e. The Morgan fingerprint density at radius 3 is 2.48 bits per heavy atom. The van der Waals surface area contributed by atoms with Gasteiger partial charge < -0.3 is 5.32 Å². The van der Waals surface area contributed by atoms with Crippen LogP contribution >= 0.6 is 31.9 Å². The normalized spacial score (nSPS) is 27.5. The zero-order valence-electron chi connectivity index (χ0n) is 13.6. The van der Waals surface area contributed by atoms with Crippen LogP contribution < -0.4 is 5.32 Å². The van der Waals surface area contributed by atoms with Crippen molar-refractivity contribution in [3.05, 3.63) is 62.7 Å². The van der Waals surface area contributed by atoms with Gasteiger partial charge in [-0.3, -0.25) is 0 Å². The first-order valence-corrected chi connectivity index (χ1v) is 9.95. The number of halogens is 2. The molecule has 0 atom stereocenters. The average Bonchev–Trinajstić information content (AvgIpc) is 2.89. The van der Waals surface area contributed by atoms with E-state index < -0.39 is 5.54 Å². The monoisotopic (exact) mass is 457 g/mol. The Balaban J connectivity index is 1.60. The van der Waals surface area contributed by atoms with Gasteiger partial charge in [0, 0.05) is 9.90 Å². The highest BCUT2D eigenvalue weighted by atomic mass is 79.9. The molecule has 2 aliphatic carbocycles. The van der Waals surface area contributed by atoms with Crippen LogP contribution in [0.15, 0.2) is 51.6 Å². The lowest BCUT2D eigenvalue weighted by Gasteiger charge is -2.43. The van der Waals surface area contributed by atoms with Crippen LogP contribution in [0.3, 0.4) is 0 Å². The van der Waals surface area contributed by atoms with Crippen LogP contribution in [-0.4, -0.2) is 10.5 Å². The molecule has 126 valence electrons. The minimum absolute atomic E-state index is 0.0172. The number of nitrogens with zero attached hydrogens (tertiary/aromatic N) is 2. The lowest BCUT2D eigenvalue weighted by atomic mass is 9.65. The van der Waals surface area contributed by atoms with Crippen molar-refractivity contribution in [3.63, 3.8) is 0 Å². The van der Waals surface area contributed by atoms with Crippen molar-refractivity contribution in [3.8, 4) is 6.07 Å². The van der Waals surface area contributed by atoms with E-state index in [1.54, 1.807) is 0 Å². The number of fused-ring (bicyclic) bond motifs is 2. The van der Waals surface area contributed by atoms with Gasteiger partial charge in [-0.15, -0.1) is 0 Å². The molecule has 1 heterocycles. The van der Waals surface area contributed by atoms with E-state index in [1.165, 1.54) is 15.6 Å². The van der Waals surface area contributed by atoms with Crippen LogP contribution in [-0.2, 0) is 5.41 Å². The molecule has 1 saturated carbocycles. The predicted octanol–water partition coefficient (Wildman–Crippen LogP) is 5.78. The van der Waals surface area contributed by atoms with E-state index in [4.69, 9.17) is 0 Å². The summed E-state index contributed by atoms with van der Waals surface area (Å²) in [6, 6.07) is 16.8. The molecule has 2 aromatic rings. The second-order valence-corrected chi connectivity index (χ2v) is 8.49. The van der Waals surface area contributed by atoms with Crippen LogP contribution in [0.1, 0.15) is 36.8 Å². The molecule has 0 aliphatic heterocycles. The fourth-order valence-corrected chi connectivity index (χ4v) is 5.26. The SMILES string of the molecule is N#CC1(Nc2cccc(Br)n2)CCC2(CC1)C(Br)=Cc1ccccc12. The number of nitriles is 1. The van der Waals surface area contributed by atoms with Gasteiger partial charge >= 0.3 is 0 Å². The molecule has 0 radical (unpaired) electrons. The van der Waals surface area contributed by atoms with Crippen LogP contribution in [0.25, 0.3) is 6.08 Å². The van der Waals surface area contributed by atoms with Crippen LogP contribution in [0, 0.1) is 11.3 Å². The van der Waals surface area contributed by atoms with Crippen LogP contribution in [0.2, 0.25) is 0 Å². The summed E-state index contributed by atoms with van der Waals surface area (Å²) in [4.78, 5) is 4.43. The zero-order valence-corrected chi connectivity index (χ0v) is 16.8. The molecule has 1 aromatic carbocycles. The van der Waals surface area contributed by atoms with E-state index in [0.29, 0.717) is 0 Å². The topological polar surface area (TPSA) is 48.7 Å². The van der Waals surface area contributed by atoms with Crippen LogP contribution in [0.4, 0.5) is 5.82 Å². The highest BCUT2D eigenvalue weighted by Gasteiger charge is 2.48. The van der Waals surface area contributed by atoms with E-state index in [9.17, 15) is 5.26 Å². The first kappa shape index (κ1) is 16.8. The molecular weight excluding hydrogens is 442 g/mol. The fourth-order valence-electron chi connectivity index (χ4n) is 4.06. The van der Waals surface area contributed by atoms with E-state index in [0.717, 1.165) is 36.1 Å². The number of rotatable bonds is 2. The van der Waals surface area contributed by atoms with E-state index >= 15 is 0 Å². The van der Waals surface area contributed by atoms with Crippen molar-refractivity contribution in [2.75, 3.05) is 5.32 Å². The molecule has 3 nitrogen and oxygen atoms in total. The standard InChI is InChI=1S/C20H17Br2N3/c21-16-12-14-4-1-2-5-15(14)20(16)10-8-19(13-23,9-11-20)25-18-7-3-6-17(22)24-18/h1-7,12H,8-11H2,(H,24,25). The number of benzene rings is 1. The third kappa shape index (κ3) is 2.82. The quantitative estimate of drug-likeness (QED) is 0.580. The van der Waals surface area contributed by atoms with Crippen molar-refractivity contribution in [2.24, 2.45) is 0 Å². The lowest BCUT2D eigenvalue weighted by molar-refractivity contribution is 0.295. The molecule has 0 amide bonds. The first-order valence-electron chi connectivity index (χ1n) is 8.36. The maximum atomic E-state index is 9.89. The summed E-state index contributed by atoms with van der Waals surface area (Å²) < 4.78 is 2.02. The minimum Gasteiger partial charge on any atom is -0.352 e. The maximum absolute atomic E-state index is 9.89. The second kappa shape index (κ2) is 6.26. The molecular formula is C20H17Br2N3. The smallest absolute Gasteiger partial charge is 0.128 e. The first-order chi connectivity index (χ1) is 12.1. The molecule has 1 spiro atoms. The van der Waals surface area contributed by atoms with E-state index in [2.05, 4.69) is 78.6 Å². The van der Waals surface area contributed by atoms with Crippen molar-refractivity contribution < 1.29 is 0 Å². The lowest BCUT2D eigenvalue weighted by Crippen LogP contribution is -2.45. The summed E-state index contributed by atoms with van der Waals surface area (Å²) in [5.41, 5.74) is 2.13. The molecule has 1 N–H and O–H groups in total.